The number of nitrogens with zero attached hydrogens (tertiary/aromatic N) is 2. The molecular formula is C15H20N2O3S. The highest BCUT2D eigenvalue weighted by molar-refractivity contribution is 7.99. The smallest absolute Gasteiger partial charge is 0.324 e. The fourth-order valence-corrected chi connectivity index (χ4v) is 3.16. The summed E-state index contributed by atoms with van der Waals surface area (Å²) in [4.78, 5) is 26.9. The molecule has 1 aromatic rings. The van der Waals surface area contributed by atoms with Crippen LogP contribution in [0.1, 0.15) is 12.8 Å². The molecule has 1 aromatic carbocycles. The Morgan fingerprint density at radius 3 is 2.48 bits per heavy atom. The van der Waals surface area contributed by atoms with Crippen molar-refractivity contribution in [1.29, 1.82) is 0 Å². The third-order valence-corrected chi connectivity index (χ3v) is 4.30. The molecule has 1 aliphatic rings. The van der Waals surface area contributed by atoms with Crippen molar-refractivity contribution in [3.05, 3.63) is 30.3 Å². The second kappa shape index (κ2) is 7.93. The van der Waals surface area contributed by atoms with Crippen LogP contribution in [0.25, 0.3) is 0 Å². The molecule has 0 aliphatic carbocycles. The van der Waals surface area contributed by atoms with Gasteiger partial charge >= 0.3 is 12.0 Å². The number of hydrogen-bond acceptors (Lipinski definition) is 3. The van der Waals surface area contributed by atoms with Crippen molar-refractivity contribution in [2.24, 2.45) is 0 Å². The number of carbonyl (C=O) groups excluding carboxylic acids is 1. The fourth-order valence-electron chi connectivity index (χ4n) is 2.26. The Morgan fingerprint density at radius 2 is 1.86 bits per heavy atom. The number of hydrogen-bond donors (Lipinski definition) is 1. The summed E-state index contributed by atoms with van der Waals surface area (Å²) in [6, 6.07) is 9.43. The van der Waals surface area contributed by atoms with Gasteiger partial charge < -0.3 is 10.0 Å². The number of rotatable bonds is 5. The minimum Gasteiger partial charge on any atom is -0.481 e. The first-order chi connectivity index (χ1) is 10.2. The molecule has 2 rings (SSSR count). The predicted octanol–water partition coefficient (Wildman–Crippen LogP) is 2.53. The van der Waals surface area contributed by atoms with Crippen LogP contribution in [0.5, 0.6) is 0 Å². The van der Waals surface area contributed by atoms with E-state index in [0.717, 1.165) is 30.3 Å². The van der Waals surface area contributed by atoms with Crippen molar-refractivity contribution in [2.75, 3.05) is 36.0 Å². The first-order valence-corrected chi connectivity index (χ1v) is 8.25. The summed E-state index contributed by atoms with van der Waals surface area (Å²) in [5.74, 6) is 1.09. The Morgan fingerprint density at radius 1 is 1.19 bits per heavy atom. The molecule has 1 aliphatic heterocycles. The van der Waals surface area contributed by atoms with Gasteiger partial charge in [-0.3, -0.25) is 9.69 Å². The van der Waals surface area contributed by atoms with Gasteiger partial charge in [0, 0.05) is 43.2 Å². The molecule has 1 saturated heterocycles. The van der Waals surface area contributed by atoms with E-state index < -0.39 is 5.97 Å². The van der Waals surface area contributed by atoms with E-state index >= 15 is 0 Å². The summed E-state index contributed by atoms with van der Waals surface area (Å²) in [6.07, 6.45) is 0.533. The first kappa shape index (κ1) is 15.7. The van der Waals surface area contributed by atoms with Gasteiger partial charge in [0.05, 0.1) is 0 Å². The lowest BCUT2D eigenvalue weighted by Gasteiger charge is -2.32. The van der Waals surface area contributed by atoms with Crippen molar-refractivity contribution in [2.45, 2.75) is 12.8 Å². The average molecular weight is 308 g/mol. The van der Waals surface area contributed by atoms with Gasteiger partial charge in [0.15, 0.2) is 0 Å². The van der Waals surface area contributed by atoms with E-state index in [0.29, 0.717) is 13.0 Å². The fraction of sp³-hybridized carbons (Fsp3) is 0.467. The molecule has 114 valence electrons. The molecule has 1 fully saturated rings. The molecular weight excluding hydrogens is 288 g/mol. The van der Waals surface area contributed by atoms with E-state index in [9.17, 15) is 9.59 Å². The second-order valence-corrected chi connectivity index (χ2v) is 6.09. The number of carboxylic acids is 1. The van der Waals surface area contributed by atoms with E-state index in [1.807, 2.05) is 47.0 Å². The maximum absolute atomic E-state index is 12.7. The number of amides is 2. The van der Waals surface area contributed by atoms with E-state index in [-0.39, 0.29) is 12.5 Å². The van der Waals surface area contributed by atoms with E-state index in [1.54, 1.807) is 4.90 Å². The number of para-hydroxylation sites is 1. The summed E-state index contributed by atoms with van der Waals surface area (Å²) in [5, 5.41) is 8.77. The largest absolute Gasteiger partial charge is 0.481 e. The number of thioether (sulfide) groups is 1. The highest BCUT2D eigenvalue weighted by Gasteiger charge is 2.23. The van der Waals surface area contributed by atoms with Crippen LogP contribution in [0.2, 0.25) is 0 Å². The SMILES string of the molecule is O=C(O)CCCN(C(=O)N1CCSCC1)c1ccccc1. The molecule has 0 aromatic heterocycles. The zero-order chi connectivity index (χ0) is 15.1. The van der Waals surface area contributed by atoms with Crippen molar-refractivity contribution < 1.29 is 14.7 Å². The molecule has 0 bridgehead atoms. The monoisotopic (exact) mass is 308 g/mol. The molecule has 1 heterocycles. The number of carboxylic acid groups (broad SMARTS) is 1. The van der Waals surface area contributed by atoms with Gasteiger partial charge in [-0.05, 0) is 18.6 Å². The zero-order valence-electron chi connectivity index (χ0n) is 11.9. The van der Waals surface area contributed by atoms with Crippen molar-refractivity contribution >= 4 is 29.4 Å². The lowest BCUT2D eigenvalue weighted by molar-refractivity contribution is -0.137. The Kier molecular flexibility index (Phi) is 5.92. The van der Waals surface area contributed by atoms with Gasteiger partial charge in [-0.1, -0.05) is 18.2 Å². The highest BCUT2D eigenvalue weighted by Crippen LogP contribution is 2.18. The summed E-state index contributed by atoms with van der Waals surface area (Å²) >= 11 is 1.86. The van der Waals surface area contributed by atoms with E-state index in [4.69, 9.17) is 5.11 Å². The van der Waals surface area contributed by atoms with E-state index in [2.05, 4.69) is 0 Å². The maximum atomic E-state index is 12.7. The summed E-state index contributed by atoms with van der Waals surface area (Å²) in [5.41, 5.74) is 0.825. The molecule has 5 nitrogen and oxygen atoms in total. The average Bonchev–Trinajstić information content (AvgIpc) is 2.52. The Hall–Kier alpha value is -1.69. The van der Waals surface area contributed by atoms with Gasteiger partial charge in [-0.25, -0.2) is 4.79 Å². The van der Waals surface area contributed by atoms with E-state index in [1.165, 1.54) is 0 Å². The Labute approximate surface area is 128 Å². The highest BCUT2D eigenvalue weighted by atomic mass is 32.2. The lowest BCUT2D eigenvalue weighted by Crippen LogP contribution is -2.47. The summed E-state index contributed by atoms with van der Waals surface area (Å²) in [6.45, 7) is 1.94. The first-order valence-electron chi connectivity index (χ1n) is 7.09. The Bertz CT molecular complexity index is 475. The number of aliphatic carboxylic acids is 1. The van der Waals surface area contributed by atoms with Crippen LogP contribution in [0, 0.1) is 0 Å². The molecule has 0 atom stereocenters. The number of benzene rings is 1. The van der Waals surface area contributed by atoms with Crippen molar-refractivity contribution in [3.8, 4) is 0 Å². The van der Waals surface area contributed by atoms with Gasteiger partial charge in [-0.15, -0.1) is 0 Å². The molecule has 0 saturated carbocycles. The molecule has 0 unspecified atom stereocenters. The van der Waals surface area contributed by atoms with Gasteiger partial charge in [0.2, 0.25) is 0 Å². The second-order valence-electron chi connectivity index (χ2n) is 4.87. The number of carbonyl (C=O) groups is 2. The van der Waals surface area contributed by atoms with Gasteiger partial charge in [0.1, 0.15) is 0 Å². The summed E-state index contributed by atoms with van der Waals surface area (Å²) in [7, 11) is 0. The van der Waals surface area contributed by atoms with Crippen LogP contribution in [0.15, 0.2) is 30.3 Å². The zero-order valence-corrected chi connectivity index (χ0v) is 12.7. The quantitative estimate of drug-likeness (QED) is 0.908. The van der Waals surface area contributed by atoms with Crippen molar-refractivity contribution in [1.82, 2.24) is 4.90 Å². The van der Waals surface area contributed by atoms with Crippen LogP contribution in [0.3, 0.4) is 0 Å². The van der Waals surface area contributed by atoms with Crippen molar-refractivity contribution in [3.63, 3.8) is 0 Å². The van der Waals surface area contributed by atoms with Gasteiger partial charge in [0.25, 0.3) is 0 Å². The minimum atomic E-state index is -0.829. The van der Waals surface area contributed by atoms with Crippen LogP contribution in [-0.2, 0) is 4.79 Å². The molecule has 0 spiro atoms. The molecule has 21 heavy (non-hydrogen) atoms. The van der Waals surface area contributed by atoms with Crippen LogP contribution < -0.4 is 4.90 Å². The van der Waals surface area contributed by atoms with Crippen LogP contribution in [0.4, 0.5) is 10.5 Å². The minimum absolute atomic E-state index is 0.0214. The number of anilines is 1. The van der Waals surface area contributed by atoms with Crippen LogP contribution >= 0.6 is 11.8 Å². The van der Waals surface area contributed by atoms with Crippen LogP contribution in [-0.4, -0.2) is 53.1 Å². The third-order valence-electron chi connectivity index (χ3n) is 3.35. The number of urea groups is 1. The maximum Gasteiger partial charge on any atom is 0.324 e. The molecule has 1 N–H and O–H groups in total. The summed E-state index contributed by atoms with van der Waals surface area (Å²) < 4.78 is 0. The topological polar surface area (TPSA) is 60.9 Å². The molecule has 2 amide bonds. The lowest BCUT2D eigenvalue weighted by atomic mass is 10.2. The molecule has 0 radical (unpaired) electrons. The predicted molar refractivity (Wildman–Crippen MR) is 85.0 cm³/mol. The molecule has 6 heteroatoms. The standard InChI is InChI=1S/C15H20N2O3S/c18-14(19)7-4-8-17(13-5-2-1-3-6-13)15(20)16-9-11-21-12-10-16/h1-3,5-6H,4,7-12H2,(H,18,19). The third kappa shape index (κ3) is 4.67. The van der Waals surface area contributed by atoms with Gasteiger partial charge in [-0.2, -0.15) is 11.8 Å². The Balaban J connectivity index is 2.06. The normalized spacial score (nSPS) is 14.8.